The van der Waals surface area contributed by atoms with Gasteiger partial charge in [0.1, 0.15) is 6.04 Å². The minimum atomic E-state index is -0.608. The molecule has 0 unspecified atom stereocenters. The van der Waals surface area contributed by atoms with Crippen molar-refractivity contribution in [3.05, 3.63) is 54.1 Å². The average Bonchev–Trinajstić information content (AvgIpc) is 3.42. The topological polar surface area (TPSA) is 101 Å². The molecule has 35 heavy (non-hydrogen) atoms. The van der Waals surface area contributed by atoms with Gasteiger partial charge in [-0.3, -0.25) is 4.79 Å². The second-order valence-electron chi connectivity index (χ2n) is 8.69. The van der Waals surface area contributed by atoms with Crippen molar-refractivity contribution in [2.75, 3.05) is 6.61 Å². The molecule has 0 aliphatic heterocycles. The van der Waals surface area contributed by atoms with Gasteiger partial charge in [0.15, 0.2) is 0 Å². The molecule has 2 atom stereocenters. The smallest absolute Gasteiger partial charge is 0.329 e. The number of carbonyl (C=O) groups is 2. The van der Waals surface area contributed by atoms with Crippen LogP contribution in [0.1, 0.15) is 58.9 Å². The molecular formula is C27H35N5O3. The molecule has 1 heterocycles. The van der Waals surface area contributed by atoms with Crippen molar-refractivity contribution in [2.24, 2.45) is 5.92 Å². The Balaban J connectivity index is 1.90. The van der Waals surface area contributed by atoms with Crippen LogP contribution in [0, 0.1) is 5.92 Å². The summed E-state index contributed by atoms with van der Waals surface area (Å²) in [6, 6.07) is 15.3. The van der Waals surface area contributed by atoms with Crippen molar-refractivity contribution in [2.45, 2.75) is 66.0 Å². The molecule has 3 rings (SSSR count). The Morgan fingerprint density at radius 1 is 1.03 bits per heavy atom. The summed E-state index contributed by atoms with van der Waals surface area (Å²) >= 11 is 0. The first kappa shape index (κ1) is 26.1. The first-order valence-corrected chi connectivity index (χ1v) is 12.4. The van der Waals surface area contributed by atoms with E-state index in [0.717, 1.165) is 41.5 Å². The number of nitrogens with zero attached hydrogens (tertiary/aromatic N) is 4. The molecule has 3 aromatic rings. The van der Waals surface area contributed by atoms with Crippen LogP contribution < -0.4 is 0 Å². The number of benzene rings is 2. The zero-order valence-corrected chi connectivity index (χ0v) is 21.0. The van der Waals surface area contributed by atoms with E-state index in [-0.39, 0.29) is 24.4 Å². The van der Waals surface area contributed by atoms with E-state index < -0.39 is 6.04 Å². The Labute approximate surface area is 207 Å². The van der Waals surface area contributed by atoms with E-state index in [2.05, 4.69) is 27.5 Å². The quantitative estimate of drug-likeness (QED) is 0.367. The number of unbranched alkanes of at least 4 members (excludes halogenated alkanes) is 1. The molecule has 2 aromatic carbocycles. The summed E-state index contributed by atoms with van der Waals surface area (Å²) in [5, 5.41) is 14.4. The van der Waals surface area contributed by atoms with Gasteiger partial charge < -0.3 is 9.64 Å². The van der Waals surface area contributed by atoms with Gasteiger partial charge in [-0.2, -0.15) is 5.21 Å². The van der Waals surface area contributed by atoms with Crippen LogP contribution in [-0.4, -0.2) is 50.0 Å². The third-order valence-electron chi connectivity index (χ3n) is 6.24. The van der Waals surface area contributed by atoms with E-state index in [9.17, 15) is 9.59 Å². The van der Waals surface area contributed by atoms with E-state index in [1.165, 1.54) is 0 Å². The number of aromatic nitrogens is 4. The lowest BCUT2D eigenvalue weighted by Crippen LogP contribution is -2.49. The summed E-state index contributed by atoms with van der Waals surface area (Å²) in [4.78, 5) is 27.9. The maximum absolute atomic E-state index is 13.2. The fraction of sp³-hybridized carbons (Fsp3) is 0.444. The molecule has 0 spiro atoms. The van der Waals surface area contributed by atoms with Crippen LogP contribution in [-0.2, 0) is 20.9 Å². The number of H-pyrrole nitrogens is 1. The number of rotatable bonds is 12. The van der Waals surface area contributed by atoms with Gasteiger partial charge in [-0.1, -0.05) is 82.1 Å². The Bertz CT molecular complexity index is 1080. The molecule has 186 valence electrons. The van der Waals surface area contributed by atoms with Gasteiger partial charge >= 0.3 is 5.97 Å². The molecule has 0 aliphatic carbocycles. The first-order valence-electron chi connectivity index (χ1n) is 12.4. The number of carbonyl (C=O) groups excluding carboxylic acids is 2. The second kappa shape index (κ2) is 12.8. The number of esters is 1. The molecule has 0 saturated heterocycles. The number of tetrazole rings is 1. The average molecular weight is 478 g/mol. The number of hydrogen-bond acceptors (Lipinski definition) is 6. The number of hydrogen-bond donors (Lipinski definition) is 1. The predicted molar refractivity (Wildman–Crippen MR) is 135 cm³/mol. The summed E-state index contributed by atoms with van der Waals surface area (Å²) in [7, 11) is 0. The highest BCUT2D eigenvalue weighted by molar-refractivity contribution is 5.85. The fourth-order valence-electron chi connectivity index (χ4n) is 4.12. The van der Waals surface area contributed by atoms with Gasteiger partial charge in [0.2, 0.25) is 11.7 Å². The van der Waals surface area contributed by atoms with Gasteiger partial charge in [0.25, 0.3) is 0 Å². The maximum Gasteiger partial charge on any atom is 0.329 e. The van der Waals surface area contributed by atoms with Crippen LogP contribution in [0.2, 0.25) is 0 Å². The van der Waals surface area contributed by atoms with Crippen LogP contribution in [0.4, 0.5) is 0 Å². The highest BCUT2D eigenvalue weighted by Gasteiger charge is 2.34. The first-order chi connectivity index (χ1) is 17.0. The summed E-state index contributed by atoms with van der Waals surface area (Å²) < 4.78 is 5.37. The molecule has 0 radical (unpaired) electrons. The zero-order valence-electron chi connectivity index (χ0n) is 21.0. The van der Waals surface area contributed by atoms with Gasteiger partial charge in [-0.05, 0) is 41.2 Å². The second-order valence-corrected chi connectivity index (χ2v) is 8.69. The summed E-state index contributed by atoms with van der Waals surface area (Å²) in [6.45, 7) is 8.52. The number of nitrogens with one attached hydrogen (secondary N) is 1. The zero-order chi connectivity index (χ0) is 25.2. The Morgan fingerprint density at radius 3 is 2.34 bits per heavy atom. The fourth-order valence-corrected chi connectivity index (χ4v) is 4.12. The summed E-state index contributed by atoms with van der Waals surface area (Å²) in [6.07, 6.45) is 2.89. The van der Waals surface area contributed by atoms with Crippen LogP contribution in [0.5, 0.6) is 0 Å². The Hall–Kier alpha value is -3.55. The molecule has 0 bridgehead atoms. The SMILES string of the molecule is CCCCC(=O)N(Cc1ccc(-c2ccccc2-c2nn[nH]n2)cc1)[C@H](C(=O)OCC)[C@@H](C)CC. The largest absolute Gasteiger partial charge is 0.464 e. The Kier molecular flexibility index (Phi) is 9.52. The van der Waals surface area contributed by atoms with Gasteiger partial charge in [0.05, 0.1) is 6.61 Å². The molecule has 8 heteroatoms. The van der Waals surface area contributed by atoms with Gasteiger partial charge in [-0.25, -0.2) is 4.79 Å². The maximum atomic E-state index is 13.2. The van der Waals surface area contributed by atoms with Crippen molar-refractivity contribution in [1.82, 2.24) is 25.5 Å². The van der Waals surface area contributed by atoms with Crippen molar-refractivity contribution < 1.29 is 14.3 Å². The minimum Gasteiger partial charge on any atom is -0.464 e. The highest BCUT2D eigenvalue weighted by Crippen LogP contribution is 2.30. The molecule has 0 aliphatic rings. The number of amides is 1. The van der Waals surface area contributed by atoms with Crippen LogP contribution in [0.3, 0.4) is 0 Å². The lowest BCUT2D eigenvalue weighted by Gasteiger charge is -2.34. The molecule has 1 N–H and O–H groups in total. The van der Waals surface area contributed by atoms with Crippen molar-refractivity contribution >= 4 is 11.9 Å². The monoisotopic (exact) mass is 477 g/mol. The van der Waals surface area contributed by atoms with Crippen LogP contribution in [0.15, 0.2) is 48.5 Å². The van der Waals surface area contributed by atoms with Gasteiger partial charge in [-0.15, -0.1) is 10.2 Å². The van der Waals surface area contributed by atoms with E-state index in [0.29, 0.717) is 18.8 Å². The van der Waals surface area contributed by atoms with Crippen molar-refractivity contribution in [3.8, 4) is 22.5 Å². The minimum absolute atomic E-state index is 0.0132. The van der Waals surface area contributed by atoms with Gasteiger partial charge in [0, 0.05) is 18.5 Å². The third-order valence-corrected chi connectivity index (χ3v) is 6.24. The third kappa shape index (κ3) is 6.53. The Morgan fingerprint density at radius 2 is 1.74 bits per heavy atom. The van der Waals surface area contributed by atoms with Crippen LogP contribution >= 0.6 is 0 Å². The summed E-state index contributed by atoms with van der Waals surface area (Å²) in [5.74, 6) is 0.165. The van der Waals surface area contributed by atoms with Crippen LogP contribution in [0.25, 0.3) is 22.5 Å². The predicted octanol–water partition coefficient (Wildman–Crippen LogP) is 5.03. The highest BCUT2D eigenvalue weighted by atomic mass is 16.5. The standard InChI is InChI=1S/C27H35N5O3/c1-5-8-13-24(33)32(25(19(4)6-2)27(34)35-7-3)18-20-14-16-21(17-15-20)22-11-9-10-12-23(22)26-28-30-31-29-26/h9-12,14-17,19,25H,5-8,13,18H2,1-4H3,(H,28,29,30,31)/t19-,25-/m0/s1. The molecule has 1 aromatic heterocycles. The molecule has 0 saturated carbocycles. The van der Waals surface area contributed by atoms with E-state index in [4.69, 9.17) is 4.74 Å². The molecular weight excluding hydrogens is 442 g/mol. The summed E-state index contributed by atoms with van der Waals surface area (Å²) in [5.41, 5.74) is 3.82. The van der Waals surface area contributed by atoms with E-state index in [1.54, 1.807) is 11.8 Å². The molecule has 0 fully saturated rings. The molecule has 1 amide bonds. The van der Waals surface area contributed by atoms with E-state index >= 15 is 0 Å². The van der Waals surface area contributed by atoms with Crippen molar-refractivity contribution in [3.63, 3.8) is 0 Å². The lowest BCUT2D eigenvalue weighted by atomic mass is 9.95. The number of aromatic amines is 1. The normalized spacial score (nSPS) is 12.7. The van der Waals surface area contributed by atoms with E-state index in [1.807, 2.05) is 62.4 Å². The van der Waals surface area contributed by atoms with Crippen molar-refractivity contribution in [1.29, 1.82) is 0 Å². The lowest BCUT2D eigenvalue weighted by molar-refractivity contribution is -0.158. The number of ether oxygens (including phenoxy) is 1. The molecule has 8 nitrogen and oxygen atoms in total.